The molecule has 0 aliphatic heterocycles. The monoisotopic (exact) mass is 514 g/mol. The van der Waals surface area contributed by atoms with E-state index in [9.17, 15) is 18.0 Å². The molecule has 0 aromatic heterocycles. The van der Waals surface area contributed by atoms with E-state index in [0.29, 0.717) is 24.3 Å². The van der Waals surface area contributed by atoms with Crippen molar-refractivity contribution in [1.82, 2.24) is 10.6 Å². The molecule has 1 amide bonds. The Balaban J connectivity index is 1.94. The molecule has 0 unspecified atom stereocenters. The van der Waals surface area contributed by atoms with E-state index in [1.165, 1.54) is 12.1 Å². The first-order valence-corrected chi connectivity index (χ1v) is 12.2. The summed E-state index contributed by atoms with van der Waals surface area (Å²) in [5, 5.41) is 6.19. The quantitative estimate of drug-likeness (QED) is 0.318. The minimum absolute atomic E-state index is 0.0781. The minimum Gasteiger partial charge on any atom is -0.493 e. The van der Waals surface area contributed by atoms with Crippen molar-refractivity contribution in [3.05, 3.63) is 95.1 Å². The molecule has 3 rings (SSSR count). The fourth-order valence-electron chi connectivity index (χ4n) is 4.09. The second kappa shape index (κ2) is 12.6. The summed E-state index contributed by atoms with van der Waals surface area (Å²) in [5.74, 6) is 0.968. The molecule has 198 valence electrons. The van der Waals surface area contributed by atoms with Gasteiger partial charge in [0.1, 0.15) is 6.04 Å². The van der Waals surface area contributed by atoms with Gasteiger partial charge in [-0.1, -0.05) is 48.5 Å². The molecule has 3 aromatic carbocycles. The molecule has 3 aromatic rings. The number of carbonyl (C=O) groups is 1. The zero-order chi connectivity index (χ0) is 27.0. The van der Waals surface area contributed by atoms with Crippen molar-refractivity contribution in [3.63, 3.8) is 0 Å². The van der Waals surface area contributed by atoms with Crippen LogP contribution in [-0.4, -0.2) is 26.2 Å². The third-order valence-electron chi connectivity index (χ3n) is 5.97. The molecule has 0 saturated carbocycles. The maximum atomic E-state index is 13.0. The van der Waals surface area contributed by atoms with Crippen molar-refractivity contribution in [2.24, 2.45) is 0 Å². The Hall–Kier alpha value is -3.52. The van der Waals surface area contributed by atoms with Crippen LogP contribution in [0.15, 0.2) is 72.8 Å². The molecule has 2 atom stereocenters. The van der Waals surface area contributed by atoms with E-state index in [2.05, 4.69) is 10.6 Å². The van der Waals surface area contributed by atoms with Gasteiger partial charge in [0.2, 0.25) is 5.91 Å². The number of alkyl halides is 3. The maximum absolute atomic E-state index is 13.0. The van der Waals surface area contributed by atoms with Gasteiger partial charge in [0.25, 0.3) is 0 Å². The zero-order valence-corrected chi connectivity index (χ0v) is 21.4. The highest BCUT2D eigenvalue weighted by atomic mass is 19.4. The first-order chi connectivity index (χ1) is 17.6. The van der Waals surface area contributed by atoms with E-state index in [0.717, 1.165) is 28.8 Å². The number of aryl methyl sites for hydroxylation is 1. The summed E-state index contributed by atoms with van der Waals surface area (Å²) in [4.78, 5) is 12.9. The molecule has 0 heterocycles. The summed E-state index contributed by atoms with van der Waals surface area (Å²) in [7, 11) is 3.15. The topological polar surface area (TPSA) is 59.6 Å². The van der Waals surface area contributed by atoms with E-state index < -0.39 is 17.8 Å². The van der Waals surface area contributed by atoms with Crippen LogP contribution in [0.2, 0.25) is 0 Å². The summed E-state index contributed by atoms with van der Waals surface area (Å²) >= 11 is 0. The zero-order valence-electron chi connectivity index (χ0n) is 21.4. The lowest BCUT2D eigenvalue weighted by molar-refractivity contribution is -0.137. The molecule has 0 fully saturated rings. The van der Waals surface area contributed by atoms with Gasteiger partial charge < -0.3 is 14.8 Å². The van der Waals surface area contributed by atoms with Crippen LogP contribution in [0.25, 0.3) is 0 Å². The standard InChI is InChI=1S/C29H33F3N2O3/c1-19(2)37-26-18-22(13-17-25(26)36-4)24(16-12-20-10-14-23(15-11-20)29(30,31)32)34-27(28(35)33-3)21-8-6-5-7-9-21/h5-11,13-15,17-19,24,27,34H,12,16H2,1-4H3,(H,33,35)/t24-,27-/m0/s1. The molecule has 0 saturated heterocycles. The van der Waals surface area contributed by atoms with Gasteiger partial charge in [-0.15, -0.1) is 0 Å². The number of ether oxygens (including phenoxy) is 2. The SMILES string of the molecule is CNC(=O)[C@@H](N[C@@H](CCc1ccc(C(F)(F)F)cc1)c1ccc(OC)c(OC(C)C)c1)c1ccccc1. The highest BCUT2D eigenvalue weighted by Crippen LogP contribution is 2.34. The van der Waals surface area contributed by atoms with Gasteiger partial charge in [-0.05, 0) is 67.6 Å². The Morgan fingerprint density at radius 3 is 2.16 bits per heavy atom. The van der Waals surface area contributed by atoms with Crippen LogP contribution in [0.5, 0.6) is 11.5 Å². The van der Waals surface area contributed by atoms with Gasteiger partial charge in [-0.2, -0.15) is 13.2 Å². The van der Waals surface area contributed by atoms with Crippen LogP contribution in [0.3, 0.4) is 0 Å². The summed E-state index contributed by atoms with van der Waals surface area (Å²) in [5.41, 5.74) is 1.75. The van der Waals surface area contributed by atoms with Crippen LogP contribution < -0.4 is 20.1 Å². The van der Waals surface area contributed by atoms with Gasteiger partial charge >= 0.3 is 6.18 Å². The van der Waals surface area contributed by atoms with Crippen molar-refractivity contribution in [2.75, 3.05) is 14.2 Å². The van der Waals surface area contributed by atoms with Gasteiger partial charge in [0.05, 0.1) is 18.8 Å². The number of hydrogen-bond acceptors (Lipinski definition) is 4. The molecule has 0 aliphatic carbocycles. The predicted molar refractivity (Wildman–Crippen MR) is 138 cm³/mol. The minimum atomic E-state index is -4.38. The lowest BCUT2D eigenvalue weighted by atomic mass is 9.95. The van der Waals surface area contributed by atoms with E-state index in [4.69, 9.17) is 9.47 Å². The Labute approximate surface area is 216 Å². The third-order valence-corrected chi connectivity index (χ3v) is 5.97. The molecule has 37 heavy (non-hydrogen) atoms. The van der Waals surface area contributed by atoms with E-state index >= 15 is 0 Å². The Bertz CT molecular complexity index is 1150. The number of likely N-dealkylation sites (N-methyl/N-ethyl adjacent to an activating group) is 1. The lowest BCUT2D eigenvalue weighted by Gasteiger charge is -2.27. The molecule has 5 nitrogen and oxygen atoms in total. The van der Waals surface area contributed by atoms with E-state index in [1.807, 2.05) is 62.4 Å². The Morgan fingerprint density at radius 2 is 1.59 bits per heavy atom. The fraction of sp³-hybridized carbons (Fsp3) is 0.345. The number of rotatable bonds is 11. The highest BCUT2D eigenvalue weighted by Gasteiger charge is 2.30. The number of amides is 1. The highest BCUT2D eigenvalue weighted by molar-refractivity contribution is 5.83. The molecule has 8 heteroatoms. The molecule has 0 radical (unpaired) electrons. The predicted octanol–water partition coefficient (Wildman–Crippen LogP) is 6.25. The molecular weight excluding hydrogens is 481 g/mol. The fourth-order valence-corrected chi connectivity index (χ4v) is 4.09. The summed E-state index contributed by atoms with van der Waals surface area (Å²) in [6.07, 6.45) is -3.43. The number of carbonyl (C=O) groups excluding carboxylic acids is 1. The second-order valence-electron chi connectivity index (χ2n) is 8.99. The molecular formula is C29H33F3N2O3. The summed E-state index contributed by atoms with van der Waals surface area (Å²) < 4.78 is 50.4. The van der Waals surface area contributed by atoms with Crippen LogP contribution in [0, 0.1) is 0 Å². The first kappa shape index (κ1) is 28.1. The number of benzene rings is 3. The van der Waals surface area contributed by atoms with Crippen LogP contribution >= 0.6 is 0 Å². The van der Waals surface area contributed by atoms with E-state index in [-0.39, 0.29) is 18.1 Å². The van der Waals surface area contributed by atoms with Gasteiger partial charge in [-0.3, -0.25) is 10.1 Å². The number of halogens is 3. The second-order valence-corrected chi connectivity index (χ2v) is 8.99. The number of hydrogen-bond donors (Lipinski definition) is 2. The van der Waals surface area contributed by atoms with Crippen molar-refractivity contribution in [2.45, 2.75) is 51.1 Å². The molecule has 0 bridgehead atoms. The molecule has 0 spiro atoms. The maximum Gasteiger partial charge on any atom is 0.416 e. The van der Waals surface area contributed by atoms with Gasteiger partial charge in [0.15, 0.2) is 11.5 Å². The van der Waals surface area contributed by atoms with Crippen LogP contribution in [0.4, 0.5) is 13.2 Å². The normalized spacial score (nSPS) is 13.2. The largest absolute Gasteiger partial charge is 0.493 e. The summed E-state index contributed by atoms with van der Waals surface area (Å²) in [6, 6.07) is 19.2. The Morgan fingerprint density at radius 1 is 0.919 bits per heavy atom. The number of nitrogens with one attached hydrogen (secondary N) is 2. The third kappa shape index (κ3) is 7.73. The van der Waals surface area contributed by atoms with E-state index in [1.54, 1.807) is 14.2 Å². The summed E-state index contributed by atoms with van der Waals surface area (Å²) in [6.45, 7) is 3.84. The van der Waals surface area contributed by atoms with Crippen molar-refractivity contribution in [3.8, 4) is 11.5 Å². The lowest BCUT2D eigenvalue weighted by Crippen LogP contribution is -2.38. The average molecular weight is 515 g/mol. The molecule has 0 aliphatic rings. The van der Waals surface area contributed by atoms with Crippen molar-refractivity contribution in [1.29, 1.82) is 0 Å². The van der Waals surface area contributed by atoms with Crippen molar-refractivity contribution < 1.29 is 27.4 Å². The number of methoxy groups -OCH3 is 1. The first-order valence-electron chi connectivity index (χ1n) is 12.2. The van der Waals surface area contributed by atoms with Gasteiger partial charge in [-0.25, -0.2) is 0 Å². The smallest absolute Gasteiger partial charge is 0.416 e. The van der Waals surface area contributed by atoms with Crippen molar-refractivity contribution >= 4 is 5.91 Å². The average Bonchev–Trinajstić information content (AvgIpc) is 2.88. The molecule has 2 N–H and O–H groups in total. The van der Waals surface area contributed by atoms with Gasteiger partial charge in [0, 0.05) is 13.1 Å². The Kier molecular flexibility index (Phi) is 9.58. The van der Waals surface area contributed by atoms with Crippen LogP contribution in [-0.2, 0) is 17.4 Å². The van der Waals surface area contributed by atoms with Crippen LogP contribution in [0.1, 0.15) is 54.6 Å².